The smallest absolute Gasteiger partial charge is 0.335 e. The normalized spacial score (nSPS) is 20.2. The zero-order valence-corrected chi connectivity index (χ0v) is 13.7. The number of carboxylic acid groups (broad SMARTS) is 1. The molecule has 1 saturated heterocycles. The molecule has 1 aliphatic rings. The van der Waals surface area contributed by atoms with E-state index in [0.29, 0.717) is 16.6 Å². The Morgan fingerprint density at radius 1 is 1.45 bits per heavy atom. The molecule has 2 rings (SSSR count). The average molecular weight is 362 g/mol. The Morgan fingerprint density at radius 2 is 2.10 bits per heavy atom. The number of rotatable bonds is 3. The lowest BCUT2D eigenvalue weighted by Crippen LogP contribution is -2.34. The molecule has 1 aromatic rings. The highest BCUT2D eigenvalue weighted by Crippen LogP contribution is 2.33. The molecule has 1 fully saturated rings. The van der Waals surface area contributed by atoms with Gasteiger partial charge >= 0.3 is 5.97 Å². The number of hydrogen-bond acceptors (Lipinski definition) is 3. The Morgan fingerprint density at radius 3 is 2.60 bits per heavy atom. The van der Waals surface area contributed by atoms with Gasteiger partial charge in [-0.3, -0.25) is 0 Å². The summed E-state index contributed by atoms with van der Waals surface area (Å²) in [5.74, 6) is -1.13. The highest BCUT2D eigenvalue weighted by Gasteiger charge is 2.34. The van der Waals surface area contributed by atoms with E-state index in [9.17, 15) is 13.2 Å². The molecule has 0 aromatic heterocycles. The summed E-state index contributed by atoms with van der Waals surface area (Å²) in [7, 11) is -3.67. The lowest BCUT2D eigenvalue weighted by atomic mass is 10.1. The molecule has 1 aromatic carbocycles. The number of halogens is 1. The first-order valence-electron chi connectivity index (χ1n) is 6.30. The Bertz CT molecular complexity index is 657. The number of nitrogens with zero attached hydrogens (tertiary/aromatic N) is 1. The highest BCUT2D eigenvalue weighted by atomic mass is 79.9. The topological polar surface area (TPSA) is 74.7 Å². The third-order valence-corrected chi connectivity index (χ3v) is 6.90. The Hall–Kier alpha value is -0.920. The average Bonchev–Trinajstić information content (AvgIpc) is 2.79. The third-order valence-electron chi connectivity index (χ3n) is 3.55. The minimum absolute atomic E-state index is 0.0175. The zero-order valence-electron chi connectivity index (χ0n) is 11.3. The van der Waals surface area contributed by atoms with Crippen molar-refractivity contribution in [3.05, 3.63) is 27.7 Å². The fourth-order valence-corrected chi connectivity index (χ4v) is 5.15. The van der Waals surface area contributed by atoms with E-state index in [1.807, 2.05) is 6.92 Å². The number of carboxylic acids is 1. The molecule has 0 bridgehead atoms. The van der Waals surface area contributed by atoms with Gasteiger partial charge in [-0.15, -0.1) is 0 Å². The van der Waals surface area contributed by atoms with Crippen LogP contribution in [0.1, 0.15) is 35.7 Å². The largest absolute Gasteiger partial charge is 0.478 e. The number of aromatic carboxylic acids is 1. The fourth-order valence-electron chi connectivity index (χ4n) is 2.44. The van der Waals surface area contributed by atoms with Gasteiger partial charge in [-0.05, 0) is 60.3 Å². The monoisotopic (exact) mass is 361 g/mol. The molecule has 0 amide bonds. The third kappa shape index (κ3) is 2.62. The number of hydrogen-bond donors (Lipinski definition) is 1. The summed E-state index contributed by atoms with van der Waals surface area (Å²) in [4.78, 5) is 11.1. The zero-order chi connectivity index (χ0) is 15.1. The highest BCUT2D eigenvalue weighted by molar-refractivity contribution is 9.10. The standard InChI is InChI=1S/C13H16BrNO4S/c1-8-6-10(13(16)17)7-11(12(8)14)20(18,19)15-5-3-4-9(15)2/h6-7,9H,3-5H2,1-2H3,(H,16,17). The molecule has 1 atom stereocenters. The molecule has 20 heavy (non-hydrogen) atoms. The van der Waals surface area contributed by atoms with Crippen LogP contribution in [-0.4, -0.2) is 36.4 Å². The van der Waals surface area contributed by atoms with E-state index in [-0.39, 0.29) is 16.5 Å². The molecule has 0 aliphatic carbocycles. The summed E-state index contributed by atoms with van der Waals surface area (Å²) >= 11 is 3.27. The van der Waals surface area contributed by atoms with Crippen molar-refractivity contribution < 1.29 is 18.3 Å². The van der Waals surface area contributed by atoms with Crippen molar-refractivity contribution in [1.29, 1.82) is 0 Å². The van der Waals surface area contributed by atoms with Crippen LogP contribution in [0.2, 0.25) is 0 Å². The molecule has 0 saturated carbocycles. The van der Waals surface area contributed by atoms with E-state index >= 15 is 0 Å². The van der Waals surface area contributed by atoms with Gasteiger partial charge in [-0.1, -0.05) is 0 Å². The Labute approximate surface area is 126 Å². The van der Waals surface area contributed by atoms with E-state index < -0.39 is 16.0 Å². The second-order valence-corrected chi connectivity index (χ2v) is 7.67. The van der Waals surface area contributed by atoms with E-state index in [1.165, 1.54) is 16.4 Å². The number of sulfonamides is 1. The van der Waals surface area contributed by atoms with Crippen LogP contribution >= 0.6 is 15.9 Å². The molecule has 0 radical (unpaired) electrons. The predicted octanol–water partition coefficient (Wildman–Crippen LogP) is 2.63. The molecular weight excluding hydrogens is 346 g/mol. The predicted molar refractivity (Wildman–Crippen MR) is 78.4 cm³/mol. The summed E-state index contributed by atoms with van der Waals surface area (Å²) in [6, 6.07) is 2.62. The van der Waals surface area contributed by atoms with Crippen molar-refractivity contribution in [2.45, 2.75) is 37.6 Å². The van der Waals surface area contributed by atoms with Gasteiger partial charge in [0.2, 0.25) is 10.0 Å². The lowest BCUT2D eigenvalue weighted by Gasteiger charge is -2.22. The number of aryl methyl sites for hydroxylation is 1. The Kier molecular flexibility index (Phi) is 4.22. The molecule has 1 N–H and O–H groups in total. The van der Waals surface area contributed by atoms with E-state index in [1.54, 1.807) is 6.92 Å². The minimum Gasteiger partial charge on any atom is -0.478 e. The first-order valence-corrected chi connectivity index (χ1v) is 8.53. The molecule has 0 spiro atoms. The van der Waals surface area contributed by atoms with Gasteiger partial charge in [0.1, 0.15) is 0 Å². The number of carbonyl (C=O) groups is 1. The molecule has 1 aliphatic heterocycles. The van der Waals surface area contributed by atoms with Gasteiger partial charge < -0.3 is 5.11 Å². The number of benzene rings is 1. The fraction of sp³-hybridized carbons (Fsp3) is 0.462. The van der Waals surface area contributed by atoms with Gasteiger partial charge in [0.25, 0.3) is 0 Å². The molecule has 5 nitrogen and oxygen atoms in total. The van der Waals surface area contributed by atoms with Gasteiger partial charge in [-0.25, -0.2) is 13.2 Å². The van der Waals surface area contributed by atoms with Gasteiger partial charge in [0.15, 0.2) is 0 Å². The summed E-state index contributed by atoms with van der Waals surface area (Å²) in [6.45, 7) is 4.03. The van der Waals surface area contributed by atoms with Crippen LogP contribution in [0.25, 0.3) is 0 Å². The second kappa shape index (κ2) is 5.46. The van der Waals surface area contributed by atoms with Crippen molar-refractivity contribution in [3.8, 4) is 0 Å². The van der Waals surface area contributed by atoms with Crippen molar-refractivity contribution in [3.63, 3.8) is 0 Å². The van der Waals surface area contributed by atoms with E-state index in [4.69, 9.17) is 5.11 Å². The first-order chi connectivity index (χ1) is 9.25. The van der Waals surface area contributed by atoms with Crippen LogP contribution in [0.4, 0.5) is 0 Å². The van der Waals surface area contributed by atoms with Crippen LogP contribution in [0, 0.1) is 6.92 Å². The van der Waals surface area contributed by atoms with Crippen LogP contribution in [-0.2, 0) is 10.0 Å². The van der Waals surface area contributed by atoms with Gasteiger partial charge in [0.05, 0.1) is 10.5 Å². The SMILES string of the molecule is Cc1cc(C(=O)O)cc(S(=O)(=O)N2CCCC2C)c1Br. The van der Waals surface area contributed by atoms with E-state index in [0.717, 1.165) is 12.8 Å². The van der Waals surface area contributed by atoms with E-state index in [2.05, 4.69) is 15.9 Å². The lowest BCUT2D eigenvalue weighted by molar-refractivity contribution is 0.0696. The van der Waals surface area contributed by atoms with Crippen molar-refractivity contribution >= 4 is 31.9 Å². The summed E-state index contributed by atoms with van der Waals surface area (Å²) < 4.78 is 27.3. The molecule has 1 heterocycles. The second-order valence-electron chi connectivity index (χ2n) is 5.02. The maximum atomic E-state index is 12.7. The van der Waals surface area contributed by atoms with Crippen LogP contribution < -0.4 is 0 Å². The molecule has 110 valence electrons. The van der Waals surface area contributed by atoms with Crippen molar-refractivity contribution in [1.82, 2.24) is 4.31 Å². The van der Waals surface area contributed by atoms with Gasteiger partial charge in [-0.2, -0.15) is 4.31 Å². The first kappa shape index (κ1) is 15.5. The molecular formula is C13H16BrNO4S. The molecule has 1 unspecified atom stereocenters. The molecule has 7 heteroatoms. The van der Waals surface area contributed by atoms with Crippen molar-refractivity contribution in [2.24, 2.45) is 0 Å². The summed E-state index contributed by atoms with van der Waals surface area (Å²) in [5.41, 5.74) is 0.575. The van der Waals surface area contributed by atoms with Crippen LogP contribution in [0.15, 0.2) is 21.5 Å². The summed E-state index contributed by atoms with van der Waals surface area (Å²) in [6.07, 6.45) is 1.66. The summed E-state index contributed by atoms with van der Waals surface area (Å²) in [5, 5.41) is 9.08. The van der Waals surface area contributed by atoms with Crippen LogP contribution in [0.5, 0.6) is 0 Å². The van der Waals surface area contributed by atoms with Crippen LogP contribution in [0.3, 0.4) is 0 Å². The van der Waals surface area contributed by atoms with Crippen molar-refractivity contribution in [2.75, 3.05) is 6.54 Å². The maximum Gasteiger partial charge on any atom is 0.335 e. The van der Waals surface area contributed by atoms with Gasteiger partial charge in [0, 0.05) is 17.1 Å². The maximum absolute atomic E-state index is 12.7. The Balaban J connectivity index is 2.59. The quantitative estimate of drug-likeness (QED) is 0.897. The minimum atomic E-state index is -3.67.